The maximum Gasteiger partial charge on any atom is 0.0753 e. The quantitative estimate of drug-likeness (QED) is 0.779. The minimum Gasteiger partial charge on any atom is -0.303 e. The Morgan fingerprint density at radius 2 is 2.33 bits per heavy atom. The molecule has 2 aromatic heterocycles. The smallest absolute Gasteiger partial charge is 0.0753 e. The van der Waals surface area contributed by atoms with Gasteiger partial charge in [0.15, 0.2) is 0 Å². The second-order valence-electron chi connectivity index (χ2n) is 3.31. The summed E-state index contributed by atoms with van der Waals surface area (Å²) < 4.78 is 0. The van der Waals surface area contributed by atoms with E-state index in [-0.39, 0.29) is 6.04 Å². The predicted molar refractivity (Wildman–Crippen MR) is 55.9 cm³/mol. The van der Waals surface area contributed by atoms with Crippen molar-refractivity contribution in [2.24, 2.45) is 0 Å². The lowest BCUT2D eigenvalue weighted by Crippen LogP contribution is -2.19. The molecule has 0 radical (unpaired) electrons. The van der Waals surface area contributed by atoms with Crippen molar-refractivity contribution in [2.45, 2.75) is 19.5 Å². The Bertz CT molecular complexity index is 383. The maximum absolute atomic E-state index is 4.23. The predicted octanol–water partition coefficient (Wildman–Crippen LogP) is 1.05. The zero-order valence-electron chi connectivity index (χ0n) is 8.51. The van der Waals surface area contributed by atoms with E-state index in [0.29, 0.717) is 0 Å². The van der Waals surface area contributed by atoms with Crippen molar-refractivity contribution in [1.29, 1.82) is 0 Å². The van der Waals surface area contributed by atoms with Gasteiger partial charge in [0.05, 0.1) is 5.69 Å². The lowest BCUT2D eigenvalue weighted by atomic mass is 10.2. The van der Waals surface area contributed by atoms with Gasteiger partial charge in [0.1, 0.15) is 0 Å². The fraction of sp³-hybridized carbons (Fsp3) is 0.300. The van der Waals surface area contributed by atoms with Crippen LogP contribution in [0.2, 0.25) is 0 Å². The Morgan fingerprint density at radius 3 is 3.00 bits per heavy atom. The molecule has 0 aliphatic rings. The van der Waals surface area contributed by atoms with Crippen molar-refractivity contribution in [1.82, 2.24) is 25.5 Å². The zero-order valence-corrected chi connectivity index (χ0v) is 8.51. The monoisotopic (exact) mass is 203 g/mol. The number of aromatic amines is 1. The van der Waals surface area contributed by atoms with Crippen LogP contribution in [0.1, 0.15) is 24.4 Å². The molecule has 2 heterocycles. The molecule has 15 heavy (non-hydrogen) atoms. The molecule has 0 aliphatic heterocycles. The van der Waals surface area contributed by atoms with E-state index in [0.717, 1.165) is 17.9 Å². The van der Waals surface area contributed by atoms with Crippen molar-refractivity contribution >= 4 is 0 Å². The molecule has 0 fully saturated rings. The van der Waals surface area contributed by atoms with Gasteiger partial charge in [0.25, 0.3) is 0 Å². The van der Waals surface area contributed by atoms with Crippen molar-refractivity contribution in [3.8, 4) is 0 Å². The number of hydrogen-bond donors (Lipinski definition) is 2. The molecule has 78 valence electrons. The summed E-state index contributed by atoms with van der Waals surface area (Å²) in [5, 5.41) is 10.1. The van der Waals surface area contributed by atoms with E-state index in [9.17, 15) is 0 Å². The van der Waals surface area contributed by atoms with Gasteiger partial charge in [-0.25, -0.2) is 0 Å². The second-order valence-corrected chi connectivity index (χ2v) is 3.31. The SMILES string of the molecule is CC(NCc1ccn[nH]1)c1cnccn1. The maximum atomic E-state index is 4.23. The van der Waals surface area contributed by atoms with Crippen LogP contribution in [0.4, 0.5) is 0 Å². The van der Waals surface area contributed by atoms with Gasteiger partial charge in [-0.3, -0.25) is 15.1 Å². The van der Waals surface area contributed by atoms with Crippen LogP contribution >= 0.6 is 0 Å². The van der Waals surface area contributed by atoms with Crippen molar-refractivity contribution in [2.75, 3.05) is 0 Å². The Balaban J connectivity index is 1.90. The Morgan fingerprint density at radius 1 is 1.40 bits per heavy atom. The van der Waals surface area contributed by atoms with E-state index in [1.54, 1.807) is 24.8 Å². The highest BCUT2D eigenvalue weighted by atomic mass is 15.1. The Hall–Kier alpha value is -1.75. The van der Waals surface area contributed by atoms with Crippen LogP contribution in [0.5, 0.6) is 0 Å². The first-order valence-corrected chi connectivity index (χ1v) is 4.84. The molecule has 1 atom stereocenters. The summed E-state index contributed by atoms with van der Waals surface area (Å²) in [6.07, 6.45) is 6.88. The number of nitrogens with zero attached hydrogens (tertiary/aromatic N) is 3. The second kappa shape index (κ2) is 4.65. The third kappa shape index (κ3) is 2.60. The van der Waals surface area contributed by atoms with Crippen LogP contribution in [0.15, 0.2) is 30.9 Å². The number of rotatable bonds is 4. The van der Waals surface area contributed by atoms with Crippen molar-refractivity contribution < 1.29 is 0 Å². The van der Waals surface area contributed by atoms with E-state index in [1.807, 2.05) is 6.07 Å². The van der Waals surface area contributed by atoms with Gasteiger partial charge < -0.3 is 5.32 Å². The largest absolute Gasteiger partial charge is 0.303 e. The molecule has 0 aromatic carbocycles. The first-order valence-electron chi connectivity index (χ1n) is 4.84. The first-order chi connectivity index (χ1) is 7.36. The van der Waals surface area contributed by atoms with Crippen LogP contribution in [0, 0.1) is 0 Å². The van der Waals surface area contributed by atoms with E-state index in [2.05, 4.69) is 32.4 Å². The highest BCUT2D eigenvalue weighted by Gasteiger charge is 2.05. The molecule has 0 amide bonds. The summed E-state index contributed by atoms with van der Waals surface area (Å²) in [6.45, 7) is 2.80. The molecule has 0 aliphatic carbocycles. The number of nitrogens with one attached hydrogen (secondary N) is 2. The minimum atomic E-state index is 0.182. The summed E-state index contributed by atoms with van der Waals surface area (Å²) >= 11 is 0. The fourth-order valence-corrected chi connectivity index (χ4v) is 1.28. The van der Waals surface area contributed by atoms with Gasteiger partial charge in [-0.2, -0.15) is 5.10 Å². The summed E-state index contributed by atoms with van der Waals surface area (Å²) in [4.78, 5) is 8.26. The Labute approximate surface area is 88.0 Å². The molecule has 5 heteroatoms. The number of aromatic nitrogens is 4. The van der Waals surface area contributed by atoms with Crippen LogP contribution in [-0.4, -0.2) is 20.2 Å². The molecule has 5 nitrogen and oxygen atoms in total. The summed E-state index contributed by atoms with van der Waals surface area (Å²) in [5.41, 5.74) is 2.00. The Kier molecular flexibility index (Phi) is 3.04. The third-order valence-electron chi connectivity index (χ3n) is 2.18. The molecule has 2 rings (SSSR count). The lowest BCUT2D eigenvalue weighted by molar-refractivity contribution is 0.552. The molecule has 2 aromatic rings. The standard InChI is InChI=1S/C10H13N5/c1-8(10-7-11-4-5-12-10)13-6-9-2-3-14-15-9/h2-5,7-8,13H,6H2,1H3,(H,14,15). The molecule has 0 saturated carbocycles. The highest BCUT2D eigenvalue weighted by molar-refractivity contribution is 5.02. The van der Waals surface area contributed by atoms with Gasteiger partial charge >= 0.3 is 0 Å². The van der Waals surface area contributed by atoms with Crippen LogP contribution in [0.3, 0.4) is 0 Å². The topological polar surface area (TPSA) is 66.5 Å². The molecular formula is C10H13N5. The van der Waals surface area contributed by atoms with Crippen molar-refractivity contribution in [3.05, 3.63) is 42.2 Å². The molecule has 0 saturated heterocycles. The fourth-order valence-electron chi connectivity index (χ4n) is 1.28. The van der Waals surface area contributed by atoms with E-state index in [4.69, 9.17) is 0 Å². The first kappa shape index (κ1) is 9.79. The van der Waals surface area contributed by atoms with Gasteiger partial charge in [0, 0.05) is 43.1 Å². The van der Waals surface area contributed by atoms with E-state index in [1.165, 1.54) is 0 Å². The van der Waals surface area contributed by atoms with Gasteiger partial charge in [0.2, 0.25) is 0 Å². The molecular weight excluding hydrogens is 190 g/mol. The lowest BCUT2D eigenvalue weighted by Gasteiger charge is -2.11. The molecule has 0 spiro atoms. The normalized spacial score (nSPS) is 12.6. The van der Waals surface area contributed by atoms with Gasteiger partial charge in [-0.05, 0) is 13.0 Å². The third-order valence-corrected chi connectivity index (χ3v) is 2.18. The summed E-state index contributed by atoms with van der Waals surface area (Å²) in [7, 11) is 0. The van der Waals surface area contributed by atoms with E-state index >= 15 is 0 Å². The summed E-state index contributed by atoms with van der Waals surface area (Å²) in [6, 6.07) is 2.12. The molecule has 0 bridgehead atoms. The average molecular weight is 203 g/mol. The van der Waals surface area contributed by atoms with Gasteiger partial charge in [-0.15, -0.1) is 0 Å². The zero-order chi connectivity index (χ0) is 10.5. The minimum absolute atomic E-state index is 0.182. The van der Waals surface area contributed by atoms with Crippen molar-refractivity contribution in [3.63, 3.8) is 0 Å². The highest BCUT2D eigenvalue weighted by Crippen LogP contribution is 2.07. The number of H-pyrrole nitrogens is 1. The van der Waals surface area contributed by atoms with E-state index < -0.39 is 0 Å². The average Bonchev–Trinajstić information content (AvgIpc) is 2.80. The molecule has 2 N–H and O–H groups in total. The van der Waals surface area contributed by atoms with Crippen LogP contribution < -0.4 is 5.32 Å². The summed E-state index contributed by atoms with van der Waals surface area (Å²) in [5.74, 6) is 0. The number of hydrogen-bond acceptors (Lipinski definition) is 4. The van der Waals surface area contributed by atoms with Crippen LogP contribution in [-0.2, 0) is 6.54 Å². The molecule has 1 unspecified atom stereocenters. The van der Waals surface area contributed by atoms with Crippen LogP contribution in [0.25, 0.3) is 0 Å². The van der Waals surface area contributed by atoms with Gasteiger partial charge in [-0.1, -0.05) is 0 Å².